The Bertz CT molecular complexity index is 703. The number of ether oxygens (including phenoxy) is 2. The van der Waals surface area contributed by atoms with E-state index in [9.17, 15) is 14.4 Å². The van der Waals surface area contributed by atoms with Crippen LogP contribution in [0.25, 0.3) is 0 Å². The standard InChI is InChI=1S/C16H20N2O6/c1-5-22-15(20)13-9(3)17-16(21)18-12(13)7-23-14(19)11-6-8(2)24-10(11)4/h6,9H,5,7H2,1-4H3,(H2,17,18,21)/t9-/m0/s1. The van der Waals surface area contributed by atoms with Crippen molar-refractivity contribution >= 4 is 18.0 Å². The highest BCUT2D eigenvalue weighted by Gasteiger charge is 2.30. The van der Waals surface area contributed by atoms with Gasteiger partial charge in [-0.3, -0.25) is 0 Å². The van der Waals surface area contributed by atoms with Gasteiger partial charge in [0.2, 0.25) is 0 Å². The molecule has 8 nitrogen and oxygen atoms in total. The molecule has 130 valence electrons. The minimum absolute atomic E-state index is 0.198. The Labute approximate surface area is 139 Å². The molecule has 1 aliphatic heterocycles. The van der Waals surface area contributed by atoms with E-state index in [2.05, 4.69) is 10.6 Å². The Morgan fingerprint density at radius 2 is 1.96 bits per heavy atom. The Morgan fingerprint density at radius 1 is 1.25 bits per heavy atom. The van der Waals surface area contributed by atoms with Gasteiger partial charge in [-0.05, 0) is 33.8 Å². The Balaban J connectivity index is 2.18. The first kappa shape index (κ1) is 17.6. The summed E-state index contributed by atoms with van der Waals surface area (Å²) in [5.74, 6) is -0.131. The molecule has 8 heteroatoms. The van der Waals surface area contributed by atoms with Crippen molar-refractivity contribution in [2.75, 3.05) is 13.2 Å². The summed E-state index contributed by atoms with van der Waals surface area (Å²) >= 11 is 0. The second-order valence-electron chi connectivity index (χ2n) is 5.34. The lowest BCUT2D eigenvalue weighted by atomic mass is 10.0. The Morgan fingerprint density at radius 3 is 2.54 bits per heavy atom. The molecule has 0 bridgehead atoms. The van der Waals surface area contributed by atoms with Crippen LogP contribution >= 0.6 is 0 Å². The van der Waals surface area contributed by atoms with Gasteiger partial charge in [0, 0.05) is 0 Å². The lowest BCUT2D eigenvalue weighted by Gasteiger charge is -2.26. The molecule has 1 aromatic heterocycles. The van der Waals surface area contributed by atoms with Crippen LogP contribution in [0.5, 0.6) is 0 Å². The fraction of sp³-hybridized carbons (Fsp3) is 0.438. The lowest BCUT2D eigenvalue weighted by Crippen LogP contribution is -2.50. The average molecular weight is 336 g/mol. The highest BCUT2D eigenvalue weighted by atomic mass is 16.5. The van der Waals surface area contributed by atoms with Crippen molar-refractivity contribution in [3.63, 3.8) is 0 Å². The molecule has 2 amide bonds. The third-order valence-electron chi connectivity index (χ3n) is 3.47. The molecule has 1 atom stereocenters. The molecule has 1 aromatic rings. The van der Waals surface area contributed by atoms with E-state index in [-0.39, 0.29) is 24.5 Å². The predicted molar refractivity (Wildman–Crippen MR) is 83.3 cm³/mol. The number of amides is 2. The highest BCUT2D eigenvalue weighted by molar-refractivity contribution is 5.95. The molecule has 0 saturated heterocycles. The first-order valence-corrected chi connectivity index (χ1v) is 7.55. The van der Waals surface area contributed by atoms with Gasteiger partial charge >= 0.3 is 18.0 Å². The predicted octanol–water partition coefficient (Wildman–Crippen LogP) is 1.57. The van der Waals surface area contributed by atoms with Crippen molar-refractivity contribution in [3.8, 4) is 0 Å². The molecule has 0 saturated carbocycles. The van der Waals surface area contributed by atoms with Crippen LogP contribution in [0.4, 0.5) is 4.79 Å². The molecule has 0 fully saturated rings. The number of hydrogen-bond acceptors (Lipinski definition) is 6. The maximum absolute atomic E-state index is 12.1. The van der Waals surface area contributed by atoms with Crippen LogP contribution in [0.1, 0.15) is 35.7 Å². The maximum atomic E-state index is 12.1. The van der Waals surface area contributed by atoms with Gasteiger partial charge in [-0.2, -0.15) is 0 Å². The highest BCUT2D eigenvalue weighted by Crippen LogP contribution is 2.17. The number of carbonyl (C=O) groups is 3. The number of hydrogen-bond donors (Lipinski definition) is 2. The fourth-order valence-corrected chi connectivity index (χ4v) is 2.44. The van der Waals surface area contributed by atoms with E-state index in [4.69, 9.17) is 13.9 Å². The van der Waals surface area contributed by atoms with Crippen LogP contribution in [0.2, 0.25) is 0 Å². The fourth-order valence-electron chi connectivity index (χ4n) is 2.44. The molecule has 2 heterocycles. The van der Waals surface area contributed by atoms with Crippen molar-refractivity contribution in [3.05, 3.63) is 34.4 Å². The largest absolute Gasteiger partial charge is 0.466 e. The molecular formula is C16H20N2O6. The number of carbonyl (C=O) groups excluding carboxylic acids is 3. The van der Waals surface area contributed by atoms with Crippen molar-refractivity contribution in [2.24, 2.45) is 0 Å². The van der Waals surface area contributed by atoms with E-state index in [1.54, 1.807) is 33.8 Å². The number of furan rings is 1. The zero-order valence-corrected chi connectivity index (χ0v) is 14.0. The quantitative estimate of drug-likeness (QED) is 0.791. The van der Waals surface area contributed by atoms with E-state index in [1.165, 1.54) is 0 Å². The lowest BCUT2D eigenvalue weighted by molar-refractivity contribution is -0.139. The maximum Gasteiger partial charge on any atom is 0.342 e. The third kappa shape index (κ3) is 3.76. The van der Waals surface area contributed by atoms with Gasteiger partial charge in [0.1, 0.15) is 23.7 Å². The van der Waals surface area contributed by atoms with Gasteiger partial charge < -0.3 is 24.5 Å². The van der Waals surface area contributed by atoms with Crippen molar-refractivity contribution in [1.29, 1.82) is 0 Å². The zero-order chi connectivity index (χ0) is 17.9. The second kappa shape index (κ2) is 7.20. The summed E-state index contributed by atoms with van der Waals surface area (Å²) < 4.78 is 15.5. The summed E-state index contributed by atoms with van der Waals surface area (Å²) in [4.78, 5) is 35.8. The van der Waals surface area contributed by atoms with Crippen molar-refractivity contribution < 1.29 is 28.3 Å². The van der Waals surface area contributed by atoms with E-state index >= 15 is 0 Å². The average Bonchev–Trinajstić information content (AvgIpc) is 2.83. The summed E-state index contributed by atoms with van der Waals surface area (Å²) in [5.41, 5.74) is 0.736. The normalized spacial score (nSPS) is 17.2. The number of aryl methyl sites for hydroxylation is 2. The minimum Gasteiger partial charge on any atom is -0.466 e. The van der Waals surface area contributed by atoms with Gasteiger partial charge in [0.25, 0.3) is 0 Å². The molecule has 24 heavy (non-hydrogen) atoms. The van der Waals surface area contributed by atoms with Crippen LogP contribution in [-0.2, 0) is 14.3 Å². The van der Waals surface area contributed by atoms with Crippen LogP contribution in [0.3, 0.4) is 0 Å². The molecular weight excluding hydrogens is 316 g/mol. The number of rotatable bonds is 5. The smallest absolute Gasteiger partial charge is 0.342 e. The first-order valence-electron chi connectivity index (χ1n) is 7.55. The van der Waals surface area contributed by atoms with Gasteiger partial charge in [-0.15, -0.1) is 0 Å². The van der Waals surface area contributed by atoms with Crippen LogP contribution in [0.15, 0.2) is 21.8 Å². The van der Waals surface area contributed by atoms with Crippen molar-refractivity contribution in [1.82, 2.24) is 10.6 Å². The summed E-state index contributed by atoms with van der Waals surface area (Å²) in [7, 11) is 0. The van der Waals surface area contributed by atoms with E-state index < -0.39 is 24.0 Å². The van der Waals surface area contributed by atoms with Gasteiger partial charge in [-0.25, -0.2) is 14.4 Å². The molecule has 0 unspecified atom stereocenters. The molecule has 0 aliphatic carbocycles. The molecule has 2 N–H and O–H groups in total. The topological polar surface area (TPSA) is 107 Å². The molecule has 0 aromatic carbocycles. The summed E-state index contributed by atoms with van der Waals surface area (Å²) in [5, 5.41) is 5.06. The van der Waals surface area contributed by atoms with Crippen LogP contribution < -0.4 is 10.6 Å². The van der Waals surface area contributed by atoms with Crippen LogP contribution in [-0.4, -0.2) is 37.2 Å². The molecule has 0 radical (unpaired) electrons. The first-order chi connectivity index (χ1) is 11.3. The second-order valence-corrected chi connectivity index (χ2v) is 5.34. The number of nitrogens with one attached hydrogen (secondary N) is 2. The Hall–Kier alpha value is -2.77. The van der Waals surface area contributed by atoms with Gasteiger partial charge in [-0.1, -0.05) is 0 Å². The van der Waals surface area contributed by atoms with Gasteiger partial charge in [0.15, 0.2) is 0 Å². The SMILES string of the molecule is CCOC(=O)C1=C(COC(=O)c2cc(C)oc2C)NC(=O)N[C@H]1C. The zero-order valence-electron chi connectivity index (χ0n) is 14.0. The summed E-state index contributed by atoms with van der Waals surface area (Å²) in [6, 6.07) is 0.545. The van der Waals surface area contributed by atoms with E-state index in [0.717, 1.165) is 0 Å². The molecule has 1 aliphatic rings. The van der Waals surface area contributed by atoms with E-state index in [1.807, 2.05) is 0 Å². The van der Waals surface area contributed by atoms with Gasteiger partial charge in [0.05, 0.1) is 23.9 Å². The Kier molecular flexibility index (Phi) is 5.28. The molecule has 0 spiro atoms. The molecule has 2 rings (SSSR count). The summed E-state index contributed by atoms with van der Waals surface area (Å²) in [6.07, 6.45) is 0. The minimum atomic E-state index is -0.597. The monoisotopic (exact) mass is 336 g/mol. The third-order valence-corrected chi connectivity index (χ3v) is 3.47. The summed E-state index contributed by atoms with van der Waals surface area (Å²) in [6.45, 7) is 6.65. The number of urea groups is 1. The van der Waals surface area contributed by atoms with Crippen LogP contribution in [0, 0.1) is 13.8 Å². The van der Waals surface area contributed by atoms with Crippen molar-refractivity contribution in [2.45, 2.75) is 33.7 Å². The number of esters is 2. The van der Waals surface area contributed by atoms with E-state index in [0.29, 0.717) is 17.1 Å².